The van der Waals surface area contributed by atoms with Gasteiger partial charge in [0, 0.05) is 23.5 Å². The minimum absolute atomic E-state index is 0.112. The highest BCUT2D eigenvalue weighted by atomic mass is 19.1. The molecule has 0 saturated heterocycles. The van der Waals surface area contributed by atoms with E-state index in [1.807, 2.05) is 32.0 Å². The topological polar surface area (TPSA) is 50.4 Å². The van der Waals surface area contributed by atoms with E-state index in [-0.39, 0.29) is 18.1 Å². The van der Waals surface area contributed by atoms with Gasteiger partial charge in [-0.05, 0) is 25.0 Å². The lowest BCUT2D eigenvalue weighted by molar-refractivity contribution is -0.114. The van der Waals surface area contributed by atoms with Gasteiger partial charge in [0.2, 0.25) is 5.91 Å². The van der Waals surface area contributed by atoms with E-state index in [2.05, 4.69) is 15.4 Å². The van der Waals surface area contributed by atoms with Gasteiger partial charge in [0.25, 0.3) is 0 Å². The molecule has 0 atom stereocenters. The molecule has 0 bridgehead atoms. The van der Waals surface area contributed by atoms with Crippen LogP contribution in [0.5, 0.6) is 5.75 Å². The molecule has 0 aliphatic carbocycles. The molecule has 0 saturated carbocycles. The van der Waals surface area contributed by atoms with Crippen LogP contribution in [0.4, 0.5) is 20.2 Å². The average molecular weight is 320 g/mol. The number of aryl methyl sites for hydroxylation is 2. The number of rotatable bonds is 5. The third-order valence-electron chi connectivity index (χ3n) is 3.40. The standard InChI is InChI=1S/C17H18F2N2O2/c1-10-5-4-6-11(2)16(10)21-15(22)9-20-12-7-13(18)17(23-3)14(19)8-12/h4-8,20H,9H2,1-3H3,(H,21,22). The van der Waals surface area contributed by atoms with Crippen LogP contribution in [0.1, 0.15) is 11.1 Å². The molecule has 0 aliphatic rings. The molecule has 122 valence electrons. The number of halogens is 2. The molecule has 2 rings (SSSR count). The molecule has 0 aliphatic heterocycles. The van der Waals surface area contributed by atoms with Gasteiger partial charge in [0.05, 0.1) is 13.7 Å². The minimum Gasteiger partial charge on any atom is -0.491 e. The first-order chi connectivity index (χ1) is 10.9. The zero-order valence-corrected chi connectivity index (χ0v) is 13.2. The largest absolute Gasteiger partial charge is 0.491 e. The summed E-state index contributed by atoms with van der Waals surface area (Å²) < 4.78 is 31.8. The Hall–Kier alpha value is -2.63. The fraction of sp³-hybridized carbons (Fsp3) is 0.235. The number of nitrogens with one attached hydrogen (secondary N) is 2. The van der Waals surface area contributed by atoms with E-state index in [1.165, 1.54) is 7.11 Å². The van der Waals surface area contributed by atoms with Crippen LogP contribution in [0.15, 0.2) is 30.3 Å². The highest BCUT2D eigenvalue weighted by Gasteiger charge is 2.12. The van der Waals surface area contributed by atoms with Crippen molar-refractivity contribution < 1.29 is 18.3 Å². The zero-order chi connectivity index (χ0) is 17.0. The smallest absolute Gasteiger partial charge is 0.243 e. The van der Waals surface area contributed by atoms with Crippen LogP contribution < -0.4 is 15.4 Å². The number of carbonyl (C=O) groups excluding carboxylic acids is 1. The summed E-state index contributed by atoms with van der Waals surface area (Å²) in [4.78, 5) is 12.0. The van der Waals surface area contributed by atoms with Gasteiger partial charge in [0.1, 0.15) is 0 Å². The number of benzene rings is 2. The Morgan fingerprint density at radius 3 is 2.22 bits per heavy atom. The Balaban J connectivity index is 2.02. The molecule has 2 N–H and O–H groups in total. The second-order valence-corrected chi connectivity index (χ2v) is 5.14. The van der Waals surface area contributed by atoms with Crippen LogP contribution in [-0.2, 0) is 4.79 Å². The number of carbonyl (C=O) groups is 1. The molecular formula is C17H18F2N2O2. The van der Waals surface area contributed by atoms with E-state index in [9.17, 15) is 13.6 Å². The molecule has 4 nitrogen and oxygen atoms in total. The number of hydrogen-bond donors (Lipinski definition) is 2. The van der Waals surface area contributed by atoms with E-state index in [0.29, 0.717) is 0 Å². The molecule has 6 heteroatoms. The molecule has 23 heavy (non-hydrogen) atoms. The zero-order valence-electron chi connectivity index (χ0n) is 13.2. The van der Waals surface area contributed by atoms with E-state index in [1.54, 1.807) is 0 Å². The molecule has 0 radical (unpaired) electrons. The lowest BCUT2D eigenvalue weighted by atomic mass is 10.1. The lowest BCUT2D eigenvalue weighted by Gasteiger charge is -2.13. The van der Waals surface area contributed by atoms with E-state index in [0.717, 1.165) is 28.9 Å². The monoisotopic (exact) mass is 320 g/mol. The SMILES string of the molecule is COc1c(F)cc(NCC(=O)Nc2c(C)cccc2C)cc1F. The molecule has 0 heterocycles. The number of ether oxygens (including phenoxy) is 1. The van der Waals surface area contributed by atoms with Crippen molar-refractivity contribution in [2.45, 2.75) is 13.8 Å². The summed E-state index contributed by atoms with van der Waals surface area (Å²) in [7, 11) is 1.19. The number of para-hydroxylation sites is 1. The number of amides is 1. The van der Waals surface area contributed by atoms with Gasteiger partial charge >= 0.3 is 0 Å². The van der Waals surface area contributed by atoms with Gasteiger partial charge in [-0.25, -0.2) is 8.78 Å². The van der Waals surface area contributed by atoms with Gasteiger partial charge in [-0.15, -0.1) is 0 Å². The summed E-state index contributed by atoms with van der Waals surface area (Å²) in [6, 6.07) is 7.85. The van der Waals surface area contributed by atoms with Crippen LogP contribution in [0.3, 0.4) is 0 Å². The highest BCUT2D eigenvalue weighted by molar-refractivity contribution is 5.95. The normalized spacial score (nSPS) is 10.3. The molecule has 2 aromatic carbocycles. The molecule has 2 aromatic rings. The van der Waals surface area contributed by atoms with Crippen molar-refractivity contribution in [2.24, 2.45) is 0 Å². The molecular weight excluding hydrogens is 302 g/mol. The Bertz CT molecular complexity index is 689. The van der Waals surface area contributed by atoms with Crippen molar-refractivity contribution in [3.63, 3.8) is 0 Å². The first-order valence-electron chi connectivity index (χ1n) is 7.05. The van der Waals surface area contributed by atoms with Crippen LogP contribution in [-0.4, -0.2) is 19.6 Å². The van der Waals surface area contributed by atoms with Crippen LogP contribution in [0, 0.1) is 25.5 Å². The maximum absolute atomic E-state index is 13.6. The third-order valence-corrected chi connectivity index (χ3v) is 3.40. The van der Waals surface area contributed by atoms with Crippen molar-refractivity contribution in [3.8, 4) is 5.75 Å². The Morgan fingerprint density at radius 1 is 1.13 bits per heavy atom. The number of hydrogen-bond acceptors (Lipinski definition) is 3. The van der Waals surface area contributed by atoms with Crippen LogP contribution >= 0.6 is 0 Å². The van der Waals surface area contributed by atoms with Crippen molar-refractivity contribution in [1.82, 2.24) is 0 Å². The van der Waals surface area contributed by atoms with Gasteiger partial charge in [-0.1, -0.05) is 18.2 Å². The summed E-state index contributed by atoms with van der Waals surface area (Å²) in [5.74, 6) is -2.41. The van der Waals surface area contributed by atoms with E-state index >= 15 is 0 Å². The fourth-order valence-electron chi connectivity index (χ4n) is 2.23. The quantitative estimate of drug-likeness (QED) is 0.884. The molecule has 0 spiro atoms. The van der Waals surface area contributed by atoms with Crippen molar-refractivity contribution in [3.05, 3.63) is 53.1 Å². The van der Waals surface area contributed by atoms with Crippen molar-refractivity contribution in [2.75, 3.05) is 24.3 Å². The van der Waals surface area contributed by atoms with Crippen LogP contribution in [0.2, 0.25) is 0 Å². The first-order valence-corrected chi connectivity index (χ1v) is 7.05. The Morgan fingerprint density at radius 2 is 1.70 bits per heavy atom. The average Bonchev–Trinajstić information content (AvgIpc) is 2.49. The number of methoxy groups -OCH3 is 1. The molecule has 0 unspecified atom stereocenters. The highest BCUT2D eigenvalue weighted by Crippen LogP contribution is 2.25. The Kier molecular flexibility index (Phi) is 5.16. The molecule has 1 amide bonds. The summed E-state index contributed by atoms with van der Waals surface area (Å²) >= 11 is 0. The molecule has 0 fully saturated rings. The summed E-state index contributed by atoms with van der Waals surface area (Å²) in [5, 5.41) is 5.48. The third kappa shape index (κ3) is 3.97. The van der Waals surface area contributed by atoms with Crippen molar-refractivity contribution >= 4 is 17.3 Å². The molecule has 0 aromatic heterocycles. The Labute approximate surface area is 133 Å². The second-order valence-electron chi connectivity index (χ2n) is 5.14. The van der Waals surface area contributed by atoms with Gasteiger partial charge in [0.15, 0.2) is 17.4 Å². The van der Waals surface area contributed by atoms with Gasteiger partial charge in [-0.3, -0.25) is 4.79 Å². The van der Waals surface area contributed by atoms with E-state index < -0.39 is 17.4 Å². The second kappa shape index (κ2) is 7.09. The maximum atomic E-state index is 13.6. The maximum Gasteiger partial charge on any atom is 0.243 e. The van der Waals surface area contributed by atoms with E-state index in [4.69, 9.17) is 0 Å². The summed E-state index contributed by atoms with van der Waals surface area (Å²) in [5.41, 5.74) is 2.80. The predicted molar refractivity (Wildman–Crippen MR) is 85.9 cm³/mol. The predicted octanol–water partition coefficient (Wildman–Crippen LogP) is 3.64. The summed E-state index contributed by atoms with van der Waals surface area (Å²) in [6.07, 6.45) is 0. The summed E-state index contributed by atoms with van der Waals surface area (Å²) in [6.45, 7) is 3.67. The van der Waals surface area contributed by atoms with Gasteiger partial charge in [-0.2, -0.15) is 0 Å². The minimum atomic E-state index is -0.829. The number of anilines is 2. The first kappa shape index (κ1) is 16.7. The van der Waals surface area contributed by atoms with Gasteiger partial charge < -0.3 is 15.4 Å². The van der Waals surface area contributed by atoms with Crippen LogP contribution in [0.25, 0.3) is 0 Å². The van der Waals surface area contributed by atoms with Crippen molar-refractivity contribution in [1.29, 1.82) is 0 Å². The lowest BCUT2D eigenvalue weighted by Crippen LogP contribution is -2.22. The fourth-order valence-corrected chi connectivity index (χ4v) is 2.23.